The zero-order valence-corrected chi connectivity index (χ0v) is 17.4. The van der Waals surface area contributed by atoms with Gasteiger partial charge in [0.2, 0.25) is 0 Å². The lowest BCUT2D eigenvalue weighted by Gasteiger charge is -2.10. The number of ether oxygens (including phenoxy) is 1. The summed E-state index contributed by atoms with van der Waals surface area (Å²) in [6, 6.07) is 23.3. The first-order valence-corrected chi connectivity index (χ1v) is 9.85. The molecule has 7 nitrogen and oxygen atoms in total. The Hall–Kier alpha value is -3.97. The SMILES string of the molecule is COc1cccc(NC(=O)Nc2c(-c3ccccc3)nn(-c3ccccc3Cl)c2N)c1. The molecule has 0 aliphatic carbocycles. The number of anilines is 3. The van der Waals surface area contributed by atoms with Crippen LogP contribution in [0.4, 0.5) is 22.0 Å². The van der Waals surface area contributed by atoms with Crippen molar-refractivity contribution in [2.45, 2.75) is 0 Å². The number of benzene rings is 3. The summed E-state index contributed by atoms with van der Waals surface area (Å²) in [4.78, 5) is 12.7. The molecule has 0 aliphatic heterocycles. The number of nitrogens with two attached hydrogens (primary N) is 1. The Bertz CT molecular complexity index is 1220. The highest BCUT2D eigenvalue weighted by atomic mass is 35.5. The molecule has 0 saturated heterocycles. The molecule has 0 aliphatic rings. The normalized spacial score (nSPS) is 10.5. The lowest BCUT2D eigenvalue weighted by Crippen LogP contribution is -2.20. The fourth-order valence-corrected chi connectivity index (χ4v) is 3.35. The summed E-state index contributed by atoms with van der Waals surface area (Å²) in [5.41, 5.74) is 9.31. The van der Waals surface area contributed by atoms with E-state index in [9.17, 15) is 4.79 Å². The molecule has 156 valence electrons. The quantitative estimate of drug-likeness (QED) is 0.391. The molecule has 1 heterocycles. The third-order valence-corrected chi connectivity index (χ3v) is 4.93. The molecule has 4 rings (SSSR count). The zero-order chi connectivity index (χ0) is 21.8. The number of carbonyl (C=O) groups excluding carboxylic acids is 1. The summed E-state index contributed by atoms with van der Waals surface area (Å²) in [5, 5.41) is 10.7. The Morgan fingerprint density at radius 1 is 1.00 bits per heavy atom. The van der Waals surface area contributed by atoms with Crippen LogP contribution in [0.25, 0.3) is 16.9 Å². The Labute approximate surface area is 184 Å². The maximum Gasteiger partial charge on any atom is 0.323 e. The highest BCUT2D eigenvalue weighted by molar-refractivity contribution is 6.32. The molecule has 4 aromatic rings. The molecule has 2 amide bonds. The third-order valence-electron chi connectivity index (χ3n) is 4.62. The number of carbonyl (C=O) groups is 1. The van der Waals surface area contributed by atoms with Crippen LogP contribution >= 0.6 is 11.6 Å². The predicted octanol–water partition coefficient (Wildman–Crippen LogP) is 5.43. The number of methoxy groups -OCH3 is 1. The Balaban J connectivity index is 1.71. The molecular weight excluding hydrogens is 414 g/mol. The Kier molecular flexibility index (Phi) is 5.77. The number of para-hydroxylation sites is 1. The van der Waals surface area contributed by atoms with E-state index in [2.05, 4.69) is 15.7 Å². The molecule has 1 aromatic heterocycles. The minimum Gasteiger partial charge on any atom is -0.497 e. The van der Waals surface area contributed by atoms with Crippen molar-refractivity contribution in [1.29, 1.82) is 0 Å². The van der Waals surface area contributed by atoms with Crippen LogP contribution in [0, 0.1) is 0 Å². The number of rotatable bonds is 5. The lowest BCUT2D eigenvalue weighted by molar-refractivity contribution is 0.262. The number of nitrogens with one attached hydrogen (secondary N) is 2. The van der Waals surface area contributed by atoms with Gasteiger partial charge in [0.25, 0.3) is 0 Å². The second kappa shape index (κ2) is 8.81. The lowest BCUT2D eigenvalue weighted by atomic mass is 10.1. The number of nitrogen functional groups attached to an aromatic ring is 1. The van der Waals surface area contributed by atoms with E-state index in [1.807, 2.05) is 42.5 Å². The summed E-state index contributed by atoms with van der Waals surface area (Å²) in [5.74, 6) is 0.890. The molecule has 31 heavy (non-hydrogen) atoms. The largest absolute Gasteiger partial charge is 0.497 e. The second-order valence-electron chi connectivity index (χ2n) is 6.65. The van der Waals surface area contributed by atoms with Crippen molar-refractivity contribution in [3.63, 3.8) is 0 Å². The molecule has 3 aromatic carbocycles. The standard InChI is InChI=1S/C23H20ClN5O2/c1-31-17-11-7-10-16(14-17)26-23(30)27-21-20(15-8-3-2-4-9-15)28-29(22(21)25)19-13-6-5-12-18(19)24/h2-14H,25H2,1H3,(H2,26,27,30). The van der Waals surface area contributed by atoms with Crippen LogP contribution in [0.3, 0.4) is 0 Å². The number of urea groups is 1. The number of hydrogen-bond donors (Lipinski definition) is 3. The minimum atomic E-state index is -0.462. The number of halogens is 1. The molecule has 4 N–H and O–H groups in total. The van der Waals surface area contributed by atoms with E-state index < -0.39 is 6.03 Å². The minimum absolute atomic E-state index is 0.257. The first-order chi connectivity index (χ1) is 15.1. The summed E-state index contributed by atoms with van der Waals surface area (Å²) < 4.78 is 6.72. The summed E-state index contributed by atoms with van der Waals surface area (Å²) >= 11 is 6.35. The molecular formula is C23H20ClN5O2. The molecule has 0 atom stereocenters. The summed E-state index contributed by atoms with van der Waals surface area (Å²) in [6.45, 7) is 0. The van der Waals surface area contributed by atoms with E-state index in [0.29, 0.717) is 33.5 Å². The van der Waals surface area contributed by atoms with Crippen molar-refractivity contribution in [3.05, 3.63) is 83.9 Å². The van der Waals surface area contributed by atoms with Gasteiger partial charge < -0.3 is 21.1 Å². The van der Waals surface area contributed by atoms with E-state index in [-0.39, 0.29) is 5.82 Å². The van der Waals surface area contributed by atoms with Crippen molar-refractivity contribution in [2.24, 2.45) is 0 Å². The van der Waals surface area contributed by atoms with Crippen LogP contribution in [0.2, 0.25) is 5.02 Å². The van der Waals surface area contributed by atoms with Gasteiger partial charge in [-0.05, 0) is 24.3 Å². The first kappa shape index (κ1) is 20.3. The molecule has 0 fully saturated rings. The van der Waals surface area contributed by atoms with Crippen LogP contribution < -0.4 is 21.1 Å². The second-order valence-corrected chi connectivity index (χ2v) is 7.06. The number of nitrogens with zero attached hydrogens (tertiary/aromatic N) is 2. The van der Waals surface area contributed by atoms with Crippen molar-refractivity contribution >= 4 is 34.8 Å². The Morgan fingerprint density at radius 3 is 2.48 bits per heavy atom. The topological polar surface area (TPSA) is 94.2 Å². The third kappa shape index (κ3) is 4.31. The van der Waals surface area contributed by atoms with E-state index in [0.717, 1.165) is 5.56 Å². The van der Waals surface area contributed by atoms with Gasteiger partial charge in [0.1, 0.15) is 17.1 Å². The highest BCUT2D eigenvalue weighted by Gasteiger charge is 2.21. The van der Waals surface area contributed by atoms with Crippen LogP contribution in [0.15, 0.2) is 78.9 Å². The van der Waals surface area contributed by atoms with E-state index >= 15 is 0 Å². The fraction of sp³-hybridized carbons (Fsp3) is 0.0435. The van der Waals surface area contributed by atoms with Gasteiger partial charge in [-0.15, -0.1) is 0 Å². The first-order valence-electron chi connectivity index (χ1n) is 9.47. The molecule has 0 bridgehead atoms. The van der Waals surface area contributed by atoms with Crippen molar-refractivity contribution < 1.29 is 9.53 Å². The Morgan fingerprint density at radius 2 is 1.74 bits per heavy atom. The van der Waals surface area contributed by atoms with Gasteiger partial charge in [0, 0.05) is 17.3 Å². The van der Waals surface area contributed by atoms with Gasteiger partial charge in [-0.2, -0.15) is 5.10 Å². The summed E-state index contributed by atoms with van der Waals surface area (Å²) in [7, 11) is 1.56. The average Bonchev–Trinajstić information content (AvgIpc) is 3.10. The van der Waals surface area contributed by atoms with Gasteiger partial charge in [-0.3, -0.25) is 0 Å². The monoisotopic (exact) mass is 433 g/mol. The molecule has 8 heteroatoms. The average molecular weight is 434 g/mol. The smallest absolute Gasteiger partial charge is 0.323 e. The van der Waals surface area contributed by atoms with Crippen LogP contribution in [-0.2, 0) is 0 Å². The number of aromatic nitrogens is 2. The van der Waals surface area contributed by atoms with Gasteiger partial charge in [0.15, 0.2) is 5.82 Å². The van der Waals surface area contributed by atoms with E-state index in [1.54, 1.807) is 43.5 Å². The predicted molar refractivity (Wildman–Crippen MR) is 124 cm³/mol. The summed E-state index contributed by atoms with van der Waals surface area (Å²) in [6.07, 6.45) is 0. The maximum atomic E-state index is 12.7. The van der Waals surface area contributed by atoms with Crippen molar-refractivity contribution in [3.8, 4) is 22.7 Å². The van der Waals surface area contributed by atoms with Gasteiger partial charge in [0.05, 0.1) is 17.8 Å². The highest BCUT2D eigenvalue weighted by Crippen LogP contribution is 2.35. The van der Waals surface area contributed by atoms with Gasteiger partial charge in [-0.25, -0.2) is 9.48 Å². The molecule has 0 spiro atoms. The van der Waals surface area contributed by atoms with Crippen LogP contribution in [0.5, 0.6) is 5.75 Å². The molecule has 0 radical (unpaired) electrons. The molecule has 0 unspecified atom stereocenters. The molecule has 0 saturated carbocycles. The van der Waals surface area contributed by atoms with Crippen molar-refractivity contribution in [2.75, 3.05) is 23.5 Å². The van der Waals surface area contributed by atoms with Gasteiger partial charge in [-0.1, -0.05) is 60.1 Å². The zero-order valence-electron chi connectivity index (χ0n) is 16.7. The van der Waals surface area contributed by atoms with E-state index in [1.165, 1.54) is 4.68 Å². The van der Waals surface area contributed by atoms with Crippen LogP contribution in [0.1, 0.15) is 0 Å². The van der Waals surface area contributed by atoms with Crippen molar-refractivity contribution in [1.82, 2.24) is 9.78 Å². The van der Waals surface area contributed by atoms with Crippen LogP contribution in [-0.4, -0.2) is 22.9 Å². The number of hydrogen-bond acceptors (Lipinski definition) is 4. The van der Waals surface area contributed by atoms with Gasteiger partial charge >= 0.3 is 6.03 Å². The number of amides is 2. The fourth-order valence-electron chi connectivity index (χ4n) is 3.14. The van der Waals surface area contributed by atoms with E-state index in [4.69, 9.17) is 22.1 Å². The maximum absolute atomic E-state index is 12.7.